The van der Waals surface area contributed by atoms with E-state index in [1.807, 2.05) is 0 Å². The maximum atomic E-state index is 11.9. The second-order valence-electron chi connectivity index (χ2n) is 5.61. The highest BCUT2D eigenvalue weighted by atomic mass is 35.5. The lowest BCUT2D eigenvalue weighted by atomic mass is 10.2. The summed E-state index contributed by atoms with van der Waals surface area (Å²) in [6, 6.07) is 7.93. The molecule has 0 aromatic heterocycles. The Labute approximate surface area is 177 Å². The van der Waals surface area contributed by atoms with Crippen molar-refractivity contribution in [1.29, 1.82) is 0 Å². The predicted octanol–water partition coefficient (Wildman–Crippen LogP) is 3.50. The van der Waals surface area contributed by atoms with Gasteiger partial charge in [-0.1, -0.05) is 23.2 Å². The number of nitrogens with one attached hydrogen (secondary N) is 2. The zero-order chi connectivity index (χ0) is 21.4. The first-order valence-corrected chi connectivity index (χ1v) is 9.00. The van der Waals surface area contributed by atoms with Crippen LogP contribution in [0, 0.1) is 0 Å². The molecule has 2 aromatic carbocycles. The van der Waals surface area contributed by atoms with Gasteiger partial charge >= 0.3 is 0 Å². The molecule has 0 saturated heterocycles. The van der Waals surface area contributed by atoms with Crippen LogP contribution in [0.3, 0.4) is 0 Å². The predicted molar refractivity (Wildman–Crippen MR) is 112 cm³/mol. The fourth-order valence-corrected chi connectivity index (χ4v) is 2.62. The third-order valence-corrected chi connectivity index (χ3v) is 4.35. The summed E-state index contributed by atoms with van der Waals surface area (Å²) in [6.45, 7) is 0. The van der Waals surface area contributed by atoms with Crippen LogP contribution in [0.2, 0.25) is 10.0 Å². The molecule has 10 heteroatoms. The number of hydrogen-bond donors (Lipinski definition) is 2. The van der Waals surface area contributed by atoms with Crippen LogP contribution >= 0.6 is 23.2 Å². The fraction of sp³-hybridized carbons (Fsp3) is 0.211. The molecule has 0 aliphatic carbocycles. The minimum atomic E-state index is -0.591. The van der Waals surface area contributed by atoms with Crippen molar-refractivity contribution >= 4 is 46.9 Å². The number of rotatable bonds is 8. The molecule has 154 valence electrons. The standard InChI is InChI=1S/C19H19Cl2N3O5/c1-27-15-6-11(7-16(28-2)19(15)29-3)10-22-24-18(26)9-17(25)23-12-4-5-13(20)14(21)8-12/h4-8,10H,9H2,1-3H3,(H,23,25)(H,24,26). The van der Waals surface area contributed by atoms with E-state index in [2.05, 4.69) is 15.8 Å². The summed E-state index contributed by atoms with van der Waals surface area (Å²) < 4.78 is 15.7. The molecule has 0 aliphatic heterocycles. The quantitative estimate of drug-likeness (QED) is 0.372. The molecule has 0 saturated carbocycles. The van der Waals surface area contributed by atoms with Gasteiger partial charge in [0.1, 0.15) is 6.42 Å². The summed E-state index contributed by atoms with van der Waals surface area (Å²) in [5.41, 5.74) is 3.31. The summed E-state index contributed by atoms with van der Waals surface area (Å²) in [5.74, 6) is 0.214. The molecule has 2 amide bonds. The SMILES string of the molecule is COc1cc(C=NNC(=O)CC(=O)Nc2ccc(Cl)c(Cl)c2)cc(OC)c1OC. The number of halogens is 2. The Hall–Kier alpha value is -2.97. The summed E-state index contributed by atoms with van der Waals surface area (Å²) in [4.78, 5) is 23.8. The van der Waals surface area contributed by atoms with Crippen molar-refractivity contribution in [2.24, 2.45) is 5.10 Å². The van der Waals surface area contributed by atoms with Crippen molar-refractivity contribution in [1.82, 2.24) is 5.43 Å². The molecule has 0 bridgehead atoms. The van der Waals surface area contributed by atoms with Gasteiger partial charge < -0.3 is 19.5 Å². The number of hydrazone groups is 1. The highest BCUT2D eigenvalue weighted by Crippen LogP contribution is 2.37. The molecule has 2 N–H and O–H groups in total. The first kappa shape index (κ1) is 22.3. The molecule has 0 spiro atoms. The van der Waals surface area contributed by atoms with Gasteiger partial charge in [-0.15, -0.1) is 0 Å². The fourth-order valence-electron chi connectivity index (χ4n) is 2.32. The minimum Gasteiger partial charge on any atom is -0.493 e. The van der Waals surface area contributed by atoms with Crippen LogP contribution in [0.4, 0.5) is 5.69 Å². The van der Waals surface area contributed by atoms with E-state index < -0.39 is 18.2 Å². The van der Waals surface area contributed by atoms with Gasteiger partial charge in [0.05, 0.1) is 37.6 Å². The number of anilines is 1. The Morgan fingerprint density at radius 2 is 1.62 bits per heavy atom. The van der Waals surface area contributed by atoms with Crippen molar-refractivity contribution in [2.75, 3.05) is 26.6 Å². The second kappa shape index (κ2) is 10.5. The highest BCUT2D eigenvalue weighted by molar-refractivity contribution is 6.42. The molecular weight excluding hydrogens is 421 g/mol. The molecule has 8 nitrogen and oxygen atoms in total. The van der Waals surface area contributed by atoms with Crippen LogP contribution in [-0.2, 0) is 9.59 Å². The summed E-state index contributed by atoms with van der Waals surface area (Å²) in [6.07, 6.45) is 0.964. The Bertz CT molecular complexity index is 909. The van der Waals surface area contributed by atoms with Crippen LogP contribution < -0.4 is 25.0 Å². The zero-order valence-electron chi connectivity index (χ0n) is 15.9. The minimum absolute atomic E-state index is 0.295. The number of carbonyl (C=O) groups is 2. The monoisotopic (exact) mass is 439 g/mol. The molecular formula is C19H19Cl2N3O5. The van der Waals surface area contributed by atoms with Crippen molar-refractivity contribution in [3.63, 3.8) is 0 Å². The number of nitrogens with zero attached hydrogens (tertiary/aromatic N) is 1. The van der Waals surface area contributed by atoms with Gasteiger partial charge in [-0.25, -0.2) is 5.43 Å². The number of benzene rings is 2. The van der Waals surface area contributed by atoms with E-state index in [9.17, 15) is 9.59 Å². The van der Waals surface area contributed by atoms with Gasteiger partial charge in [0, 0.05) is 11.3 Å². The van der Waals surface area contributed by atoms with Crippen LogP contribution in [-0.4, -0.2) is 39.4 Å². The van der Waals surface area contributed by atoms with Crippen LogP contribution in [0.5, 0.6) is 17.2 Å². The van der Waals surface area contributed by atoms with Gasteiger partial charge in [-0.2, -0.15) is 5.10 Å². The smallest absolute Gasteiger partial charge is 0.249 e. The third kappa shape index (κ3) is 6.27. The van der Waals surface area contributed by atoms with E-state index in [0.717, 1.165) is 0 Å². The lowest BCUT2D eigenvalue weighted by molar-refractivity contribution is -0.126. The average Bonchev–Trinajstić information content (AvgIpc) is 2.69. The number of methoxy groups -OCH3 is 3. The topological polar surface area (TPSA) is 98.2 Å². The van der Waals surface area contributed by atoms with Crippen LogP contribution in [0.15, 0.2) is 35.4 Å². The molecule has 0 atom stereocenters. The van der Waals surface area contributed by atoms with Crippen molar-refractivity contribution in [3.8, 4) is 17.2 Å². The van der Waals surface area contributed by atoms with E-state index in [0.29, 0.717) is 38.5 Å². The van der Waals surface area contributed by atoms with E-state index in [1.165, 1.54) is 33.6 Å². The van der Waals surface area contributed by atoms with Gasteiger partial charge in [0.15, 0.2) is 11.5 Å². The first-order valence-electron chi connectivity index (χ1n) is 8.24. The maximum Gasteiger partial charge on any atom is 0.249 e. The van der Waals surface area contributed by atoms with E-state index >= 15 is 0 Å². The number of hydrogen-bond acceptors (Lipinski definition) is 6. The van der Waals surface area contributed by atoms with Crippen molar-refractivity contribution in [3.05, 3.63) is 45.9 Å². The van der Waals surface area contributed by atoms with E-state index in [-0.39, 0.29) is 0 Å². The number of amides is 2. The Balaban J connectivity index is 1.95. The van der Waals surface area contributed by atoms with Crippen molar-refractivity contribution in [2.45, 2.75) is 6.42 Å². The Morgan fingerprint density at radius 3 is 2.17 bits per heavy atom. The highest BCUT2D eigenvalue weighted by Gasteiger charge is 2.13. The lowest BCUT2D eigenvalue weighted by Gasteiger charge is -2.12. The molecule has 2 aromatic rings. The number of carbonyl (C=O) groups excluding carboxylic acids is 2. The summed E-state index contributed by atoms with van der Waals surface area (Å²) >= 11 is 11.7. The Morgan fingerprint density at radius 1 is 0.966 bits per heavy atom. The molecule has 29 heavy (non-hydrogen) atoms. The normalized spacial score (nSPS) is 10.5. The van der Waals surface area contributed by atoms with Crippen LogP contribution in [0.25, 0.3) is 0 Å². The molecule has 2 rings (SSSR count). The van der Waals surface area contributed by atoms with Crippen molar-refractivity contribution < 1.29 is 23.8 Å². The molecule has 0 radical (unpaired) electrons. The lowest BCUT2D eigenvalue weighted by Crippen LogP contribution is -2.24. The third-order valence-electron chi connectivity index (χ3n) is 3.61. The molecule has 0 unspecified atom stereocenters. The van der Waals surface area contributed by atoms with Gasteiger partial charge in [-0.05, 0) is 30.3 Å². The van der Waals surface area contributed by atoms with Gasteiger partial charge in [-0.3, -0.25) is 9.59 Å². The summed E-state index contributed by atoms with van der Waals surface area (Å²) in [5, 5.41) is 7.05. The first-order chi connectivity index (χ1) is 13.9. The van der Waals surface area contributed by atoms with Gasteiger partial charge in [0.25, 0.3) is 0 Å². The zero-order valence-corrected chi connectivity index (χ0v) is 17.4. The summed E-state index contributed by atoms with van der Waals surface area (Å²) in [7, 11) is 4.48. The molecule has 0 aliphatic rings. The second-order valence-corrected chi connectivity index (χ2v) is 6.42. The largest absolute Gasteiger partial charge is 0.493 e. The van der Waals surface area contributed by atoms with E-state index in [4.69, 9.17) is 37.4 Å². The van der Waals surface area contributed by atoms with E-state index in [1.54, 1.807) is 24.3 Å². The molecule has 0 heterocycles. The maximum absolute atomic E-state index is 11.9. The van der Waals surface area contributed by atoms with Gasteiger partial charge in [0.2, 0.25) is 17.6 Å². The van der Waals surface area contributed by atoms with Crippen LogP contribution in [0.1, 0.15) is 12.0 Å². The average molecular weight is 440 g/mol. The Kier molecular flexibility index (Phi) is 8.11. The molecule has 0 fully saturated rings. The number of ether oxygens (including phenoxy) is 3.